The Morgan fingerprint density at radius 1 is 1.19 bits per heavy atom. The second kappa shape index (κ2) is 6.58. The minimum Gasteiger partial charge on any atom is -0.406 e. The molecule has 0 aliphatic heterocycles. The zero-order valence-corrected chi connectivity index (χ0v) is 11.4. The van der Waals surface area contributed by atoms with Gasteiger partial charge in [0.25, 0.3) is 0 Å². The van der Waals surface area contributed by atoms with Crippen molar-refractivity contribution in [3.05, 3.63) is 59.9 Å². The minimum absolute atomic E-state index is 0.102. The number of hydrogen-bond acceptors (Lipinski definition) is 3. The van der Waals surface area contributed by atoms with Gasteiger partial charge in [-0.3, -0.25) is 4.98 Å². The van der Waals surface area contributed by atoms with Crippen molar-refractivity contribution >= 4 is 0 Å². The number of aromatic nitrogens is 1. The van der Waals surface area contributed by atoms with Gasteiger partial charge in [-0.15, -0.1) is 13.2 Å². The van der Waals surface area contributed by atoms with Gasteiger partial charge in [-0.05, 0) is 36.2 Å². The van der Waals surface area contributed by atoms with Crippen LogP contribution >= 0.6 is 0 Å². The third kappa shape index (κ3) is 5.07. The maximum atomic E-state index is 12.0. The van der Waals surface area contributed by atoms with Gasteiger partial charge >= 0.3 is 6.36 Å². The zero-order chi connectivity index (χ0) is 15.3. The number of nitrogens with zero attached hydrogens (tertiary/aromatic N) is 1. The van der Waals surface area contributed by atoms with Gasteiger partial charge in [0.15, 0.2) is 0 Å². The number of rotatable bonds is 5. The van der Waals surface area contributed by atoms with Gasteiger partial charge < -0.3 is 10.1 Å². The molecule has 0 fully saturated rings. The lowest BCUT2D eigenvalue weighted by atomic mass is 10.1. The summed E-state index contributed by atoms with van der Waals surface area (Å²) in [4.78, 5) is 4.04. The molecule has 1 atom stereocenters. The molecule has 21 heavy (non-hydrogen) atoms. The maximum absolute atomic E-state index is 12.0. The van der Waals surface area contributed by atoms with Crippen molar-refractivity contribution in [3.63, 3.8) is 0 Å². The highest BCUT2D eigenvalue weighted by molar-refractivity contribution is 5.27. The SMILES string of the molecule is C[C@@H](NCc1ccc(OC(F)(F)F)cc1)c1cccnc1. The normalized spacial score (nSPS) is 13.0. The van der Waals surface area contributed by atoms with E-state index in [2.05, 4.69) is 15.0 Å². The average Bonchev–Trinajstić information content (AvgIpc) is 2.45. The molecule has 1 aromatic carbocycles. The number of pyridine rings is 1. The standard InChI is InChI=1S/C15H15F3N2O/c1-11(13-3-2-8-19-10-13)20-9-12-4-6-14(7-5-12)21-15(16,17)18/h2-8,10-11,20H,9H2,1H3/t11-/m1/s1. The van der Waals surface area contributed by atoms with Crippen molar-refractivity contribution < 1.29 is 17.9 Å². The molecule has 0 bridgehead atoms. The summed E-state index contributed by atoms with van der Waals surface area (Å²) in [6.07, 6.45) is -1.18. The molecular weight excluding hydrogens is 281 g/mol. The van der Waals surface area contributed by atoms with E-state index in [1.807, 2.05) is 19.1 Å². The number of nitrogens with one attached hydrogen (secondary N) is 1. The largest absolute Gasteiger partial charge is 0.573 e. The number of benzene rings is 1. The van der Waals surface area contributed by atoms with Crippen LogP contribution in [-0.2, 0) is 6.54 Å². The van der Waals surface area contributed by atoms with Crippen LogP contribution in [0.3, 0.4) is 0 Å². The van der Waals surface area contributed by atoms with Crippen LogP contribution < -0.4 is 10.1 Å². The zero-order valence-electron chi connectivity index (χ0n) is 11.4. The summed E-state index contributed by atoms with van der Waals surface area (Å²) in [5, 5.41) is 3.28. The average molecular weight is 296 g/mol. The van der Waals surface area contributed by atoms with Crippen LogP contribution in [-0.4, -0.2) is 11.3 Å². The third-order valence-corrected chi connectivity index (χ3v) is 2.95. The highest BCUT2D eigenvalue weighted by Crippen LogP contribution is 2.22. The van der Waals surface area contributed by atoms with Crippen molar-refractivity contribution in [1.82, 2.24) is 10.3 Å². The lowest BCUT2D eigenvalue weighted by Gasteiger charge is -2.14. The molecule has 1 aromatic heterocycles. The van der Waals surface area contributed by atoms with Crippen molar-refractivity contribution in [2.45, 2.75) is 25.9 Å². The topological polar surface area (TPSA) is 34.1 Å². The third-order valence-electron chi connectivity index (χ3n) is 2.95. The predicted octanol–water partition coefficient (Wildman–Crippen LogP) is 3.83. The highest BCUT2D eigenvalue weighted by Gasteiger charge is 2.30. The molecule has 1 N–H and O–H groups in total. The lowest BCUT2D eigenvalue weighted by molar-refractivity contribution is -0.274. The smallest absolute Gasteiger partial charge is 0.406 e. The van der Waals surface area contributed by atoms with Gasteiger partial charge in [0.2, 0.25) is 0 Å². The summed E-state index contributed by atoms with van der Waals surface area (Å²) >= 11 is 0. The molecule has 0 aliphatic carbocycles. The monoisotopic (exact) mass is 296 g/mol. The van der Waals surface area contributed by atoms with E-state index in [0.29, 0.717) is 6.54 Å². The molecule has 0 aliphatic rings. The summed E-state index contributed by atoms with van der Waals surface area (Å²) in [7, 11) is 0. The molecule has 3 nitrogen and oxygen atoms in total. The van der Waals surface area contributed by atoms with Gasteiger partial charge in [-0.1, -0.05) is 18.2 Å². The first-order valence-electron chi connectivity index (χ1n) is 6.42. The molecule has 6 heteroatoms. The van der Waals surface area contributed by atoms with E-state index in [4.69, 9.17) is 0 Å². The van der Waals surface area contributed by atoms with Gasteiger partial charge in [-0.25, -0.2) is 0 Å². The second-order valence-corrected chi connectivity index (χ2v) is 4.58. The van der Waals surface area contributed by atoms with Crippen LogP contribution in [0, 0.1) is 0 Å². The Bertz CT molecular complexity index is 555. The fourth-order valence-electron chi connectivity index (χ4n) is 1.83. The molecule has 1 heterocycles. The van der Waals surface area contributed by atoms with E-state index >= 15 is 0 Å². The van der Waals surface area contributed by atoms with E-state index in [0.717, 1.165) is 11.1 Å². The molecule has 2 aromatic rings. The number of ether oxygens (including phenoxy) is 1. The van der Waals surface area contributed by atoms with Crippen molar-refractivity contribution in [1.29, 1.82) is 0 Å². The fraction of sp³-hybridized carbons (Fsp3) is 0.267. The molecule has 112 valence electrons. The molecule has 2 rings (SSSR count). The van der Waals surface area contributed by atoms with Gasteiger partial charge in [-0.2, -0.15) is 0 Å². The summed E-state index contributed by atoms with van der Waals surface area (Å²) in [6, 6.07) is 9.73. The van der Waals surface area contributed by atoms with Gasteiger partial charge in [0, 0.05) is 25.0 Å². The molecule has 0 unspecified atom stereocenters. The number of hydrogen-bond donors (Lipinski definition) is 1. The Kier molecular flexibility index (Phi) is 4.80. The first-order chi connectivity index (χ1) is 9.94. The summed E-state index contributed by atoms with van der Waals surface area (Å²) in [6.45, 7) is 2.54. The first-order valence-corrected chi connectivity index (χ1v) is 6.42. The Hall–Kier alpha value is -2.08. The van der Waals surface area contributed by atoms with Crippen LogP contribution in [0.5, 0.6) is 5.75 Å². The molecule has 0 saturated heterocycles. The molecule has 0 saturated carbocycles. The lowest BCUT2D eigenvalue weighted by Crippen LogP contribution is -2.18. The Balaban J connectivity index is 1.89. The van der Waals surface area contributed by atoms with Gasteiger partial charge in [0.05, 0.1) is 0 Å². The summed E-state index contributed by atoms with van der Waals surface area (Å²) in [5.41, 5.74) is 1.93. The van der Waals surface area contributed by atoms with E-state index < -0.39 is 6.36 Å². The molecule has 0 radical (unpaired) electrons. The van der Waals surface area contributed by atoms with E-state index in [-0.39, 0.29) is 11.8 Å². The predicted molar refractivity (Wildman–Crippen MR) is 72.6 cm³/mol. The molecular formula is C15H15F3N2O. The quantitative estimate of drug-likeness (QED) is 0.910. The van der Waals surface area contributed by atoms with Crippen LogP contribution in [0.2, 0.25) is 0 Å². The molecule has 0 amide bonds. The van der Waals surface area contributed by atoms with Crippen molar-refractivity contribution in [3.8, 4) is 5.75 Å². The minimum atomic E-state index is -4.66. The maximum Gasteiger partial charge on any atom is 0.573 e. The fourth-order valence-corrected chi connectivity index (χ4v) is 1.83. The van der Waals surface area contributed by atoms with Crippen LogP contribution in [0.4, 0.5) is 13.2 Å². The van der Waals surface area contributed by atoms with Crippen molar-refractivity contribution in [2.24, 2.45) is 0 Å². The van der Waals surface area contributed by atoms with Crippen LogP contribution in [0.25, 0.3) is 0 Å². The van der Waals surface area contributed by atoms with Crippen LogP contribution in [0.1, 0.15) is 24.1 Å². The van der Waals surface area contributed by atoms with Crippen molar-refractivity contribution in [2.75, 3.05) is 0 Å². The summed E-state index contributed by atoms with van der Waals surface area (Å²) in [5.74, 6) is -0.216. The number of alkyl halides is 3. The van der Waals surface area contributed by atoms with Crippen LogP contribution in [0.15, 0.2) is 48.8 Å². The van der Waals surface area contributed by atoms with E-state index in [1.54, 1.807) is 24.5 Å². The highest BCUT2D eigenvalue weighted by atomic mass is 19.4. The Morgan fingerprint density at radius 3 is 2.48 bits per heavy atom. The molecule has 0 spiro atoms. The van der Waals surface area contributed by atoms with E-state index in [1.165, 1.54) is 12.1 Å². The Labute approximate surface area is 120 Å². The van der Waals surface area contributed by atoms with E-state index in [9.17, 15) is 13.2 Å². The first kappa shape index (κ1) is 15.3. The van der Waals surface area contributed by atoms with Gasteiger partial charge in [0.1, 0.15) is 5.75 Å². The second-order valence-electron chi connectivity index (χ2n) is 4.58. The summed E-state index contributed by atoms with van der Waals surface area (Å²) < 4.78 is 40.0. The Morgan fingerprint density at radius 2 is 1.90 bits per heavy atom. The number of halogens is 3.